The second kappa shape index (κ2) is 11.4. The SMILES string of the molecule is CCC[NH+](CCC)CC(O)COc1ccccc1C(=O)Nc1ccccc1. The lowest BCUT2D eigenvalue weighted by Gasteiger charge is -2.22. The van der Waals surface area contributed by atoms with Crippen LogP contribution in [0.3, 0.4) is 0 Å². The Morgan fingerprint density at radius 1 is 1.04 bits per heavy atom. The zero-order valence-electron chi connectivity index (χ0n) is 16.3. The van der Waals surface area contributed by atoms with Crippen LogP contribution in [0.2, 0.25) is 0 Å². The van der Waals surface area contributed by atoms with E-state index in [4.69, 9.17) is 4.74 Å². The molecule has 2 aromatic carbocycles. The minimum Gasteiger partial charge on any atom is -0.490 e. The van der Waals surface area contributed by atoms with E-state index in [1.54, 1.807) is 18.2 Å². The molecule has 5 heteroatoms. The van der Waals surface area contributed by atoms with Gasteiger partial charge in [0.2, 0.25) is 0 Å². The lowest BCUT2D eigenvalue weighted by atomic mass is 10.2. The second-order valence-corrected chi connectivity index (χ2v) is 6.74. The van der Waals surface area contributed by atoms with Crippen molar-refractivity contribution in [2.75, 3.05) is 31.6 Å². The molecule has 0 heterocycles. The number of hydrogen-bond acceptors (Lipinski definition) is 3. The van der Waals surface area contributed by atoms with Crippen LogP contribution in [0.25, 0.3) is 0 Å². The van der Waals surface area contributed by atoms with Gasteiger partial charge in [-0.05, 0) is 37.1 Å². The van der Waals surface area contributed by atoms with Gasteiger partial charge in [-0.25, -0.2) is 0 Å². The second-order valence-electron chi connectivity index (χ2n) is 6.74. The minimum atomic E-state index is -0.566. The van der Waals surface area contributed by atoms with E-state index in [0.717, 1.165) is 31.6 Å². The Labute approximate surface area is 162 Å². The molecule has 0 aliphatic carbocycles. The fourth-order valence-electron chi connectivity index (χ4n) is 3.11. The Hall–Kier alpha value is -2.37. The third-order valence-electron chi connectivity index (χ3n) is 4.33. The van der Waals surface area contributed by atoms with Crippen molar-refractivity contribution in [3.63, 3.8) is 0 Å². The quantitative estimate of drug-likeness (QED) is 0.568. The molecule has 2 aromatic rings. The molecule has 5 nitrogen and oxygen atoms in total. The third kappa shape index (κ3) is 7.04. The van der Waals surface area contributed by atoms with Gasteiger partial charge in [-0.3, -0.25) is 4.79 Å². The van der Waals surface area contributed by atoms with Crippen LogP contribution in [0.4, 0.5) is 5.69 Å². The van der Waals surface area contributed by atoms with Gasteiger partial charge in [-0.2, -0.15) is 0 Å². The van der Waals surface area contributed by atoms with E-state index in [-0.39, 0.29) is 12.5 Å². The average molecular weight is 372 g/mol. The van der Waals surface area contributed by atoms with Crippen LogP contribution in [0, 0.1) is 0 Å². The molecule has 0 spiro atoms. The van der Waals surface area contributed by atoms with Crippen molar-refractivity contribution < 1.29 is 19.5 Å². The topological polar surface area (TPSA) is 63.0 Å². The highest BCUT2D eigenvalue weighted by Gasteiger charge is 2.17. The van der Waals surface area contributed by atoms with Crippen LogP contribution in [-0.2, 0) is 0 Å². The first-order valence-corrected chi connectivity index (χ1v) is 9.73. The van der Waals surface area contributed by atoms with Crippen LogP contribution in [-0.4, -0.2) is 43.4 Å². The number of rotatable bonds is 11. The van der Waals surface area contributed by atoms with Crippen molar-refractivity contribution in [1.29, 1.82) is 0 Å². The number of aliphatic hydroxyl groups is 1. The highest BCUT2D eigenvalue weighted by molar-refractivity contribution is 6.06. The van der Waals surface area contributed by atoms with Gasteiger partial charge in [0, 0.05) is 5.69 Å². The normalized spacial score (nSPS) is 12.0. The number of anilines is 1. The molecule has 0 bridgehead atoms. The summed E-state index contributed by atoms with van der Waals surface area (Å²) in [7, 11) is 0. The van der Waals surface area contributed by atoms with Crippen LogP contribution in [0.15, 0.2) is 54.6 Å². The Balaban J connectivity index is 1.95. The Bertz CT molecular complexity index is 685. The van der Waals surface area contributed by atoms with Gasteiger partial charge in [-0.15, -0.1) is 0 Å². The summed E-state index contributed by atoms with van der Waals surface area (Å²) < 4.78 is 5.79. The third-order valence-corrected chi connectivity index (χ3v) is 4.33. The summed E-state index contributed by atoms with van der Waals surface area (Å²) in [4.78, 5) is 14.0. The summed E-state index contributed by atoms with van der Waals surface area (Å²) in [5.41, 5.74) is 1.19. The number of benzene rings is 2. The standard InChI is InChI=1S/C22H30N2O3/c1-3-14-24(15-4-2)16-19(25)17-27-21-13-9-8-12-20(21)22(26)23-18-10-6-5-7-11-18/h5-13,19,25H,3-4,14-17H2,1-2H3,(H,23,26)/p+1. The smallest absolute Gasteiger partial charge is 0.259 e. The van der Waals surface area contributed by atoms with Crippen molar-refractivity contribution in [3.05, 3.63) is 60.2 Å². The maximum atomic E-state index is 12.6. The molecule has 0 aliphatic heterocycles. The van der Waals surface area contributed by atoms with E-state index < -0.39 is 6.10 Å². The Morgan fingerprint density at radius 2 is 1.67 bits per heavy atom. The number of nitrogens with one attached hydrogen (secondary N) is 2. The van der Waals surface area contributed by atoms with Gasteiger partial charge in [-0.1, -0.05) is 44.2 Å². The highest BCUT2D eigenvalue weighted by atomic mass is 16.5. The number of carbonyl (C=O) groups excluding carboxylic acids is 1. The Morgan fingerprint density at radius 3 is 2.33 bits per heavy atom. The molecular formula is C22H31N2O3+. The zero-order valence-corrected chi connectivity index (χ0v) is 16.3. The van der Waals surface area contributed by atoms with Gasteiger partial charge >= 0.3 is 0 Å². The number of ether oxygens (including phenoxy) is 1. The highest BCUT2D eigenvalue weighted by Crippen LogP contribution is 2.20. The van der Waals surface area contributed by atoms with Crippen LogP contribution in [0.5, 0.6) is 5.75 Å². The Kier molecular flexibility index (Phi) is 8.81. The van der Waals surface area contributed by atoms with Crippen molar-refractivity contribution in [2.45, 2.75) is 32.8 Å². The molecule has 0 radical (unpaired) electrons. The van der Waals surface area contributed by atoms with E-state index in [0.29, 0.717) is 17.9 Å². The van der Waals surface area contributed by atoms with Crippen molar-refractivity contribution in [1.82, 2.24) is 0 Å². The van der Waals surface area contributed by atoms with Crippen molar-refractivity contribution in [2.24, 2.45) is 0 Å². The minimum absolute atomic E-state index is 0.173. The zero-order chi connectivity index (χ0) is 19.5. The monoisotopic (exact) mass is 371 g/mol. The van der Waals surface area contributed by atoms with Gasteiger partial charge < -0.3 is 20.1 Å². The predicted molar refractivity (Wildman–Crippen MR) is 108 cm³/mol. The number of carbonyl (C=O) groups is 1. The average Bonchev–Trinajstić information content (AvgIpc) is 2.68. The van der Waals surface area contributed by atoms with Crippen LogP contribution < -0.4 is 15.0 Å². The van der Waals surface area contributed by atoms with Gasteiger partial charge in [0.15, 0.2) is 0 Å². The first kappa shape index (κ1) is 20.9. The summed E-state index contributed by atoms with van der Waals surface area (Å²) in [5, 5.41) is 13.2. The number of quaternary nitrogens is 1. The molecule has 0 aliphatic rings. The molecule has 146 valence electrons. The van der Waals surface area contributed by atoms with E-state index in [1.165, 1.54) is 4.90 Å². The fourth-order valence-corrected chi connectivity index (χ4v) is 3.11. The largest absolute Gasteiger partial charge is 0.490 e. The molecule has 0 aromatic heterocycles. The van der Waals surface area contributed by atoms with E-state index >= 15 is 0 Å². The summed E-state index contributed by atoms with van der Waals surface area (Å²) in [6.45, 7) is 7.22. The van der Waals surface area contributed by atoms with E-state index in [2.05, 4.69) is 19.2 Å². The maximum Gasteiger partial charge on any atom is 0.259 e. The van der Waals surface area contributed by atoms with E-state index in [9.17, 15) is 9.90 Å². The molecule has 0 saturated carbocycles. The number of amides is 1. The molecule has 1 amide bonds. The number of hydrogen-bond donors (Lipinski definition) is 3. The van der Waals surface area contributed by atoms with Gasteiger partial charge in [0.25, 0.3) is 5.91 Å². The van der Waals surface area contributed by atoms with Crippen LogP contribution in [0.1, 0.15) is 37.0 Å². The predicted octanol–water partition coefficient (Wildman–Crippen LogP) is 2.38. The molecule has 1 atom stereocenters. The molecule has 27 heavy (non-hydrogen) atoms. The number of aliphatic hydroxyl groups excluding tert-OH is 1. The summed E-state index contributed by atoms with van der Waals surface area (Å²) in [6.07, 6.45) is 1.61. The molecule has 0 fully saturated rings. The fraction of sp³-hybridized carbons (Fsp3) is 0.409. The molecule has 0 saturated heterocycles. The maximum absolute atomic E-state index is 12.6. The molecule has 3 N–H and O–H groups in total. The first-order chi connectivity index (χ1) is 13.1. The summed E-state index contributed by atoms with van der Waals surface area (Å²) in [6, 6.07) is 16.4. The van der Waals surface area contributed by atoms with Gasteiger partial charge in [0.1, 0.15) is 25.0 Å². The van der Waals surface area contributed by atoms with Crippen LogP contribution >= 0.6 is 0 Å². The lowest BCUT2D eigenvalue weighted by Crippen LogP contribution is -3.13. The van der Waals surface area contributed by atoms with E-state index in [1.807, 2.05) is 36.4 Å². The lowest BCUT2D eigenvalue weighted by molar-refractivity contribution is -0.903. The van der Waals surface area contributed by atoms with Crippen molar-refractivity contribution >= 4 is 11.6 Å². The summed E-state index contributed by atoms with van der Waals surface area (Å²) in [5.74, 6) is 0.257. The first-order valence-electron chi connectivity index (χ1n) is 9.73. The number of para-hydroxylation sites is 2. The molecule has 1 unspecified atom stereocenters. The molecular weight excluding hydrogens is 340 g/mol. The van der Waals surface area contributed by atoms with Gasteiger partial charge in [0.05, 0.1) is 18.7 Å². The summed E-state index contributed by atoms with van der Waals surface area (Å²) >= 11 is 0. The molecule has 2 rings (SSSR count). The van der Waals surface area contributed by atoms with Crippen molar-refractivity contribution in [3.8, 4) is 5.75 Å².